The maximum Gasteiger partial charge on any atom is 0.274 e. The third kappa shape index (κ3) is 5.23. The lowest BCUT2D eigenvalue weighted by atomic mass is 10.1. The maximum absolute atomic E-state index is 13.6. The van der Waals surface area contributed by atoms with Crippen LogP contribution in [-0.4, -0.2) is 23.3 Å². The second-order valence-corrected chi connectivity index (χ2v) is 6.15. The molecule has 3 aromatic rings. The van der Waals surface area contributed by atoms with E-state index >= 15 is 0 Å². The van der Waals surface area contributed by atoms with Crippen LogP contribution < -0.4 is 10.6 Å². The zero-order chi connectivity index (χ0) is 20.6. The first-order valence-electron chi connectivity index (χ1n) is 8.87. The van der Waals surface area contributed by atoms with Crippen molar-refractivity contribution in [1.82, 2.24) is 10.3 Å². The Balaban J connectivity index is 1.62. The van der Waals surface area contributed by atoms with E-state index in [1.807, 2.05) is 6.07 Å². The first-order valence-corrected chi connectivity index (χ1v) is 8.87. The number of carbonyl (C=O) groups is 2. The largest absolute Gasteiger partial charge is 0.350 e. The fourth-order valence-corrected chi connectivity index (χ4v) is 2.65. The number of halogens is 1. The Kier molecular flexibility index (Phi) is 6.28. The molecule has 2 amide bonds. The summed E-state index contributed by atoms with van der Waals surface area (Å²) in [6.07, 6.45) is 0.341. The number of anilines is 1. The molecule has 6 nitrogen and oxygen atoms in total. The number of amides is 2. The number of nitrogens with one attached hydrogen (secondary N) is 2. The number of hydrogen-bond donors (Lipinski definition) is 2. The van der Waals surface area contributed by atoms with E-state index in [9.17, 15) is 14.0 Å². The molecule has 2 aromatic carbocycles. The number of aromatic nitrogens is 1. The summed E-state index contributed by atoms with van der Waals surface area (Å²) in [4.78, 5) is 28.8. The average molecular weight is 388 g/mol. The van der Waals surface area contributed by atoms with E-state index in [1.54, 1.807) is 42.5 Å². The molecule has 0 aliphatic carbocycles. The van der Waals surface area contributed by atoms with Gasteiger partial charge in [-0.3, -0.25) is 9.59 Å². The minimum atomic E-state index is -0.499. The minimum absolute atomic E-state index is 0.0640. The Bertz CT molecular complexity index is 1090. The van der Waals surface area contributed by atoms with Gasteiger partial charge in [-0.25, -0.2) is 9.37 Å². The van der Waals surface area contributed by atoms with Gasteiger partial charge in [-0.1, -0.05) is 30.3 Å². The molecule has 2 N–H and O–H groups in total. The standard InChI is InChI=1S/C22H17FN4O2/c23-18-8-2-1-6-16(18)11-12-25-21(28)19-9-4-10-20(27-19)22(29)26-17-7-3-5-15(13-17)14-24/h1-10,13H,11-12H2,(H,25,28)(H,26,29). The highest BCUT2D eigenvalue weighted by Crippen LogP contribution is 2.11. The lowest BCUT2D eigenvalue weighted by molar-refractivity contribution is 0.0949. The van der Waals surface area contributed by atoms with Crippen LogP contribution in [0, 0.1) is 17.1 Å². The average Bonchev–Trinajstić information content (AvgIpc) is 2.75. The molecule has 0 atom stereocenters. The van der Waals surface area contributed by atoms with Gasteiger partial charge in [0.1, 0.15) is 17.2 Å². The number of carbonyl (C=O) groups excluding carboxylic acids is 2. The van der Waals surface area contributed by atoms with Crippen molar-refractivity contribution in [2.45, 2.75) is 6.42 Å². The van der Waals surface area contributed by atoms with Crippen molar-refractivity contribution < 1.29 is 14.0 Å². The number of pyridine rings is 1. The highest BCUT2D eigenvalue weighted by molar-refractivity contribution is 6.03. The van der Waals surface area contributed by atoms with E-state index in [1.165, 1.54) is 24.3 Å². The van der Waals surface area contributed by atoms with Crippen LogP contribution in [0.1, 0.15) is 32.1 Å². The fourth-order valence-electron chi connectivity index (χ4n) is 2.65. The van der Waals surface area contributed by atoms with E-state index in [2.05, 4.69) is 15.6 Å². The predicted molar refractivity (Wildman–Crippen MR) is 106 cm³/mol. The second kappa shape index (κ2) is 9.24. The molecule has 3 rings (SSSR count). The van der Waals surface area contributed by atoms with Crippen LogP contribution in [0.5, 0.6) is 0 Å². The van der Waals surface area contributed by atoms with Crippen molar-refractivity contribution in [3.05, 3.63) is 95.1 Å². The summed E-state index contributed by atoms with van der Waals surface area (Å²) >= 11 is 0. The molecule has 0 radical (unpaired) electrons. The van der Waals surface area contributed by atoms with Crippen molar-refractivity contribution in [3.8, 4) is 6.07 Å². The third-order valence-electron chi connectivity index (χ3n) is 4.10. The van der Waals surface area contributed by atoms with Crippen molar-refractivity contribution >= 4 is 17.5 Å². The lowest BCUT2D eigenvalue weighted by Crippen LogP contribution is -2.27. The van der Waals surface area contributed by atoms with Gasteiger partial charge in [0.15, 0.2) is 0 Å². The third-order valence-corrected chi connectivity index (χ3v) is 4.10. The molecule has 0 aliphatic heterocycles. The summed E-state index contributed by atoms with van der Waals surface area (Å²) in [5.74, 6) is -1.28. The molecule has 0 aliphatic rings. The Labute approximate surface area is 167 Å². The molecule has 0 spiro atoms. The van der Waals surface area contributed by atoms with Crippen LogP contribution in [0.25, 0.3) is 0 Å². The minimum Gasteiger partial charge on any atom is -0.350 e. The smallest absolute Gasteiger partial charge is 0.274 e. The number of hydrogen-bond acceptors (Lipinski definition) is 4. The van der Waals surface area contributed by atoms with E-state index in [-0.39, 0.29) is 23.7 Å². The quantitative estimate of drug-likeness (QED) is 0.677. The highest BCUT2D eigenvalue weighted by atomic mass is 19.1. The summed E-state index contributed by atoms with van der Waals surface area (Å²) < 4.78 is 13.6. The van der Waals surface area contributed by atoms with Gasteiger partial charge in [0.25, 0.3) is 11.8 Å². The molecular weight excluding hydrogens is 371 g/mol. The molecule has 0 unspecified atom stereocenters. The van der Waals surface area contributed by atoms with Crippen molar-refractivity contribution in [3.63, 3.8) is 0 Å². The molecule has 0 bridgehead atoms. The number of rotatable bonds is 6. The number of nitrogens with zero attached hydrogens (tertiary/aromatic N) is 2. The molecule has 0 saturated carbocycles. The van der Waals surface area contributed by atoms with Gasteiger partial charge >= 0.3 is 0 Å². The SMILES string of the molecule is N#Cc1cccc(NC(=O)c2cccc(C(=O)NCCc3ccccc3F)n2)c1. The first-order chi connectivity index (χ1) is 14.1. The van der Waals surface area contributed by atoms with Crippen LogP contribution in [0.15, 0.2) is 66.7 Å². The normalized spacial score (nSPS) is 10.1. The zero-order valence-corrected chi connectivity index (χ0v) is 15.4. The summed E-state index contributed by atoms with van der Waals surface area (Å²) in [6, 6.07) is 19.4. The summed E-state index contributed by atoms with van der Waals surface area (Å²) in [7, 11) is 0. The predicted octanol–water partition coefficient (Wildman–Crippen LogP) is 3.32. The summed E-state index contributed by atoms with van der Waals surface area (Å²) in [6.45, 7) is 0.235. The molecule has 0 fully saturated rings. The van der Waals surface area contributed by atoms with E-state index in [0.717, 1.165) is 0 Å². The lowest BCUT2D eigenvalue weighted by Gasteiger charge is -2.08. The van der Waals surface area contributed by atoms with Crippen molar-refractivity contribution in [2.24, 2.45) is 0 Å². The van der Waals surface area contributed by atoms with Crippen LogP contribution in [-0.2, 0) is 6.42 Å². The van der Waals surface area contributed by atoms with Crippen molar-refractivity contribution in [2.75, 3.05) is 11.9 Å². The summed E-state index contributed by atoms with van der Waals surface area (Å²) in [5.41, 5.74) is 1.52. The van der Waals surface area contributed by atoms with Crippen LogP contribution in [0.3, 0.4) is 0 Å². The van der Waals surface area contributed by atoms with Gasteiger partial charge in [-0.15, -0.1) is 0 Å². The van der Waals surface area contributed by atoms with Crippen molar-refractivity contribution in [1.29, 1.82) is 5.26 Å². The Morgan fingerprint density at radius 1 is 0.966 bits per heavy atom. The second-order valence-electron chi connectivity index (χ2n) is 6.15. The van der Waals surface area contributed by atoms with E-state index < -0.39 is 11.8 Å². The molecule has 1 aromatic heterocycles. The topological polar surface area (TPSA) is 94.9 Å². The van der Waals surface area contributed by atoms with Gasteiger partial charge < -0.3 is 10.6 Å². The Morgan fingerprint density at radius 3 is 2.45 bits per heavy atom. The van der Waals surface area contributed by atoms with Gasteiger partial charge in [0.05, 0.1) is 11.6 Å². The number of benzene rings is 2. The molecule has 1 heterocycles. The number of nitriles is 1. The summed E-state index contributed by atoms with van der Waals surface area (Å²) in [5, 5.41) is 14.2. The molecule has 7 heteroatoms. The Morgan fingerprint density at radius 2 is 1.69 bits per heavy atom. The van der Waals surface area contributed by atoms with E-state index in [4.69, 9.17) is 5.26 Å². The van der Waals surface area contributed by atoms with Gasteiger partial charge in [0.2, 0.25) is 0 Å². The molecule has 29 heavy (non-hydrogen) atoms. The first kappa shape index (κ1) is 19.7. The highest BCUT2D eigenvalue weighted by Gasteiger charge is 2.13. The van der Waals surface area contributed by atoms with Gasteiger partial charge in [0, 0.05) is 12.2 Å². The molecule has 0 saturated heterocycles. The maximum atomic E-state index is 13.6. The zero-order valence-electron chi connectivity index (χ0n) is 15.4. The van der Waals surface area contributed by atoms with Gasteiger partial charge in [-0.05, 0) is 48.4 Å². The molecular formula is C22H17FN4O2. The molecule has 144 valence electrons. The fraction of sp³-hybridized carbons (Fsp3) is 0.0909. The van der Waals surface area contributed by atoms with Gasteiger partial charge in [-0.2, -0.15) is 5.26 Å². The Hall–Kier alpha value is -4.05. The monoisotopic (exact) mass is 388 g/mol. The van der Waals surface area contributed by atoms with Crippen LogP contribution >= 0.6 is 0 Å². The van der Waals surface area contributed by atoms with Crippen LogP contribution in [0.4, 0.5) is 10.1 Å². The van der Waals surface area contributed by atoms with Crippen LogP contribution in [0.2, 0.25) is 0 Å². The van der Waals surface area contributed by atoms with E-state index in [0.29, 0.717) is 23.2 Å².